The monoisotopic (exact) mass is 242 g/mol. The average Bonchev–Trinajstić information content (AvgIpc) is 2.61. The van der Waals surface area contributed by atoms with Gasteiger partial charge in [-0.25, -0.2) is 0 Å². The topological polar surface area (TPSA) is 119 Å². The van der Waals surface area contributed by atoms with Gasteiger partial charge in [-0.1, -0.05) is 0 Å². The number of nitrogens with two attached hydrogens (primary N) is 2. The molecule has 1 aliphatic rings. The second-order valence-electron chi connectivity index (χ2n) is 4.26. The maximum atomic E-state index is 12.1. The number of primary amides is 2. The van der Waals surface area contributed by atoms with Crippen LogP contribution in [0.25, 0.3) is 0 Å². The van der Waals surface area contributed by atoms with E-state index in [0.717, 1.165) is 11.4 Å². The molecule has 0 spiro atoms. The molecule has 0 aliphatic carbocycles. The molecule has 96 valence electrons. The number of carbonyl (C=O) groups is 3. The van der Waals surface area contributed by atoms with Gasteiger partial charge in [0.15, 0.2) is 0 Å². The Balaban J connectivity index is 2.70. The van der Waals surface area contributed by atoms with E-state index in [4.69, 9.17) is 11.5 Å². The summed E-state index contributed by atoms with van der Waals surface area (Å²) in [6.45, 7) is 2.09. The molecule has 1 saturated heterocycles. The Kier molecular flexibility index (Phi) is 4.45. The maximum absolute atomic E-state index is 12.1. The third-order valence-electron chi connectivity index (χ3n) is 2.85. The molecule has 1 rings (SSSR count). The number of nitrogens with zero attached hydrogens (tertiary/aromatic N) is 1. The van der Waals surface area contributed by atoms with Gasteiger partial charge in [-0.2, -0.15) is 0 Å². The van der Waals surface area contributed by atoms with E-state index in [1.807, 2.05) is 6.92 Å². The number of nitrogens with one attached hydrogen (secondary N) is 1. The summed E-state index contributed by atoms with van der Waals surface area (Å²) in [5.74, 6) is -1.79. The molecule has 0 saturated carbocycles. The summed E-state index contributed by atoms with van der Waals surface area (Å²) >= 11 is 0. The molecule has 1 aliphatic heterocycles. The van der Waals surface area contributed by atoms with Crippen LogP contribution >= 0.6 is 0 Å². The number of carbonyl (C=O) groups excluding carboxylic acids is 3. The number of rotatable bonds is 5. The fraction of sp³-hybridized carbons (Fsp3) is 0.700. The zero-order valence-electron chi connectivity index (χ0n) is 9.81. The van der Waals surface area contributed by atoms with Crippen molar-refractivity contribution in [3.63, 3.8) is 0 Å². The van der Waals surface area contributed by atoms with Crippen LogP contribution in [-0.4, -0.2) is 48.3 Å². The smallest absolute Gasteiger partial charge is 0.237 e. The minimum absolute atomic E-state index is 0.0331. The summed E-state index contributed by atoms with van der Waals surface area (Å²) in [5, 5.41) is 3.13. The van der Waals surface area contributed by atoms with Gasteiger partial charge in [-0.05, 0) is 19.9 Å². The van der Waals surface area contributed by atoms with E-state index in [-0.39, 0.29) is 31.0 Å². The van der Waals surface area contributed by atoms with E-state index in [9.17, 15) is 14.4 Å². The van der Waals surface area contributed by atoms with Crippen molar-refractivity contribution >= 4 is 17.7 Å². The largest absolute Gasteiger partial charge is 0.368 e. The van der Waals surface area contributed by atoms with Crippen LogP contribution < -0.4 is 16.8 Å². The van der Waals surface area contributed by atoms with E-state index < -0.39 is 11.8 Å². The van der Waals surface area contributed by atoms with Crippen LogP contribution in [0.4, 0.5) is 0 Å². The third kappa shape index (κ3) is 3.70. The second-order valence-corrected chi connectivity index (χ2v) is 4.26. The van der Waals surface area contributed by atoms with Crippen LogP contribution in [0.1, 0.15) is 13.3 Å². The highest BCUT2D eigenvalue weighted by Crippen LogP contribution is 2.17. The number of hydrogen-bond donors (Lipinski definition) is 3. The van der Waals surface area contributed by atoms with Crippen LogP contribution in [0.2, 0.25) is 0 Å². The lowest BCUT2D eigenvalue weighted by molar-refractivity contribution is -0.141. The molecule has 2 unspecified atom stereocenters. The summed E-state index contributed by atoms with van der Waals surface area (Å²) in [4.78, 5) is 34.9. The van der Waals surface area contributed by atoms with Crippen molar-refractivity contribution in [1.29, 1.82) is 0 Å². The summed E-state index contributed by atoms with van der Waals surface area (Å²) in [6, 6.07) is 0.0331. The minimum Gasteiger partial charge on any atom is -0.368 e. The van der Waals surface area contributed by atoms with Gasteiger partial charge < -0.3 is 21.7 Å². The zero-order valence-corrected chi connectivity index (χ0v) is 9.81. The number of amides is 3. The SMILES string of the molecule is CC1NCCC1C(=O)N(CC(N)=O)CC(N)=O. The molecule has 1 heterocycles. The standard InChI is InChI=1S/C10H18N4O3/c1-6-7(2-3-13-6)10(17)14(4-8(11)15)5-9(12)16/h6-7,13H,2-5H2,1H3,(H2,11,15)(H2,12,16). The Labute approximate surface area is 99.5 Å². The molecular weight excluding hydrogens is 224 g/mol. The van der Waals surface area contributed by atoms with E-state index in [1.165, 1.54) is 0 Å². The summed E-state index contributed by atoms with van der Waals surface area (Å²) in [7, 11) is 0. The summed E-state index contributed by atoms with van der Waals surface area (Å²) < 4.78 is 0. The van der Waals surface area contributed by atoms with Gasteiger partial charge in [0.1, 0.15) is 0 Å². The molecule has 0 aromatic carbocycles. The van der Waals surface area contributed by atoms with Crippen molar-refractivity contribution in [2.45, 2.75) is 19.4 Å². The molecule has 7 heteroatoms. The van der Waals surface area contributed by atoms with Crippen molar-refractivity contribution in [3.8, 4) is 0 Å². The Morgan fingerprint density at radius 2 is 1.76 bits per heavy atom. The third-order valence-corrected chi connectivity index (χ3v) is 2.85. The van der Waals surface area contributed by atoms with Gasteiger partial charge in [-0.3, -0.25) is 14.4 Å². The fourth-order valence-electron chi connectivity index (χ4n) is 2.02. The summed E-state index contributed by atoms with van der Waals surface area (Å²) in [5.41, 5.74) is 10.1. The first-order valence-electron chi connectivity index (χ1n) is 5.50. The van der Waals surface area contributed by atoms with Crippen molar-refractivity contribution in [1.82, 2.24) is 10.2 Å². The molecule has 0 aromatic heterocycles. The molecule has 17 heavy (non-hydrogen) atoms. The molecule has 0 radical (unpaired) electrons. The van der Waals surface area contributed by atoms with Gasteiger partial charge in [0.05, 0.1) is 19.0 Å². The van der Waals surface area contributed by atoms with Gasteiger partial charge >= 0.3 is 0 Å². The molecule has 2 atom stereocenters. The quantitative estimate of drug-likeness (QED) is 0.506. The zero-order chi connectivity index (χ0) is 13.0. The Morgan fingerprint density at radius 1 is 1.24 bits per heavy atom. The molecule has 1 fully saturated rings. The first kappa shape index (κ1) is 13.4. The maximum Gasteiger partial charge on any atom is 0.237 e. The highest BCUT2D eigenvalue weighted by Gasteiger charge is 2.33. The van der Waals surface area contributed by atoms with Crippen molar-refractivity contribution in [2.24, 2.45) is 17.4 Å². The molecule has 0 bridgehead atoms. The minimum atomic E-state index is -0.654. The lowest BCUT2D eigenvalue weighted by atomic mass is 10.0. The average molecular weight is 242 g/mol. The van der Waals surface area contributed by atoms with Gasteiger partial charge in [0.25, 0.3) is 0 Å². The predicted molar refractivity (Wildman–Crippen MR) is 60.5 cm³/mol. The first-order valence-corrected chi connectivity index (χ1v) is 5.50. The normalized spacial score (nSPS) is 23.4. The molecule has 0 aromatic rings. The molecule has 7 nitrogen and oxygen atoms in total. The van der Waals surface area contributed by atoms with E-state index in [0.29, 0.717) is 6.42 Å². The van der Waals surface area contributed by atoms with Crippen molar-refractivity contribution < 1.29 is 14.4 Å². The lowest BCUT2D eigenvalue weighted by Gasteiger charge is -2.24. The first-order chi connectivity index (χ1) is 7.91. The van der Waals surface area contributed by atoms with Crippen LogP contribution in [0, 0.1) is 5.92 Å². The van der Waals surface area contributed by atoms with E-state index >= 15 is 0 Å². The second kappa shape index (κ2) is 5.62. The molecular formula is C10H18N4O3. The Hall–Kier alpha value is -1.63. The fourth-order valence-corrected chi connectivity index (χ4v) is 2.02. The highest BCUT2D eigenvalue weighted by molar-refractivity contribution is 5.89. The summed E-state index contributed by atoms with van der Waals surface area (Å²) in [6.07, 6.45) is 0.689. The highest BCUT2D eigenvalue weighted by atomic mass is 16.2. The van der Waals surface area contributed by atoms with Crippen LogP contribution in [0.5, 0.6) is 0 Å². The molecule has 5 N–H and O–H groups in total. The van der Waals surface area contributed by atoms with E-state index in [1.54, 1.807) is 0 Å². The van der Waals surface area contributed by atoms with Gasteiger partial charge in [0, 0.05) is 6.04 Å². The number of hydrogen-bond acceptors (Lipinski definition) is 4. The van der Waals surface area contributed by atoms with Gasteiger partial charge in [0.2, 0.25) is 17.7 Å². The van der Waals surface area contributed by atoms with Crippen molar-refractivity contribution in [2.75, 3.05) is 19.6 Å². The Bertz CT molecular complexity index is 316. The van der Waals surface area contributed by atoms with Crippen molar-refractivity contribution in [3.05, 3.63) is 0 Å². The van der Waals surface area contributed by atoms with Crippen LogP contribution in [0.15, 0.2) is 0 Å². The molecule has 3 amide bonds. The van der Waals surface area contributed by atoms with Gasteiger partial charge in [-0.15, -0.1) is 0 Å². The van der Waals surface area contributed by atoms with Crippen LogP contribution in [-0.2, 0) is 14.4 Å². The Morgan fingerprint density at radius 3 is 2.12 bits per heavy atom. The van der Waals surface area contributed by atoms with Crippen LogP contribution in [0.3, 0.4) is 0 Å². The lowest BCUT2D eigenvalue weighted by Crippen LogP contribution is -2.47. The predicted octanol–water partition coefficient (Wildman–Crippen LogP) is -2.22. The van der Waals surface area contributed by atoms with E-state index in [2.05, 4.69) is 5.32 Å².